The largest absolute Gasteiger partial charge is 0.513 e. The summed E-state index contributed by atoms with van der Waals surface area (Å²) in [6.45, 7) is 2.00. The van der Waals surface area contributed by atoms with Crippen LogP contribution in [0.2, 0.25) is 0 Å². The van der Waals surface area contributed by atoms with E-state index in [1.54, 1.807) is 6.92 Å². The number of aliphatic hydroxyl groups is 1. The number of aliphatic hydroxyl groups excluding tert-OH is 1. The molecule has 0 aliphatic carbocycles. The third kappa shape index (κ3) is 5.01. The van der Waals surface area contributed by atoms with Crippen LogP contribution in [0.5, 0.6) is 0 Å². The van der Waals surface area contributed by atoms with Gasteiger partial charge in [-0.3, -0.25) is 0 Å². The molecule has 18 heavy (non-hydrogen) atoms. The van der Waals surface area contributed by atoms with Crippen molar-refractivity contribution in [2.45, 2.75) is 24.4 Å². The predicted molar refractivity (Wildman–Crippen MR) is 64.3 cm³/mol. The van der Waals surface area contributed by atoms with E-state index in [1.807, 2.05) is 0 Å². The summed E-state index contributed by atoms with van der Waals surface area (Å²) < 4.78 is 42.0. The van der Waals surface area contributed by atoms with Gasteiger partial charge in [0, 0.05) is 23.4 Å². The Morgan fingerprint density at radius 2 is 1.94 bits per heavy atom. The van der Waals surface area contributed by atoms with Crippen LogP contribution in [-0.4, -0.2) is 11.7 Å². The molecule has 1 rings (SSSR count). The van der Waals surface area contributed by atoms with Gasteiger partial charge < -0.3 is 9.29 Å². The maximum absolute atomic E-state index is 12.3. The van der Waals surface area contributed by atoms with Crippen LogP contribution in [0.15, 0.2) is 41.0 Å². The molecule has 0 radical (unpaired) electrons. The van der Waals surface area contributed by atoms with Crippen LogP contribution in [0.1, 0.15) is 18.9 Å². The predicted octanol–water partition coefficient (Wildman–Crippen LogP) is 4.58. The van der Waals surface area contributed by atoms with Gasteiger partial charge in [-0.15, -0.1) is 0 Å². The van der Waals surface area contributed by atoms with Crippen molar-refractivity contribution in [2.24, 2.45) is 0 Å². The molecule has 1 aromatic rings. The average molecular weight is 278 g/mol. The molecule has 0 aromatic heterocycles. The maximum Gasteiger partial charge on any atom is 0.416 e. The van der Waals surface area contributed by atoms with E-state index in [9.17, 15) is 13.2 Å². The topological polar surface area (TPSA) is 29.5 Å². The van der Waals surface area contributed by atoms with Gasteiger partial charge >= 0.3 is 6.18 Å². The monoisotopic (exact) mass is 278 g/mol. The molecule has 0 amide bonds. The summed E-state index contributed by atoms with van der Waals surface area (Å²) >= 11 is 0.969. The number of rotatable bonds is 5. The van der Waals surface area contributed by atoms with Gasteiger partial charge in [0.05, 0.1) is 17.9 Å². The summed E-state index contributed by atoms with van der Waals surface area (Å²) in [6, 6.07) is 4.70. The third-order valence-electron chi connectivity index (χ3n) is 2.09. The Kier molecular flexibility index (Phi) is 5.55. The fourth-order valence-corrected chi connectivity index (χ4v) is 1.60. The van der Waals surface area contributed by atoms with Crippen LogP contribution < -0.4 is 0 Å². The normalized spacial score (nSPS) is 12.8. The van der Waals surface area contributed by atoms with Crippen LogP contribution in [0, 0.1) is 0 Å². The molecule has 100 valence electrons. The van der Waals surface area contributed by atoms with Gasteiger partial charge in [-0.25, -0.2) is 0 Å². The highest BCUT2D eigenvalue weighted by atomic mass is 32.2. The molecule has 0 bridgehead atoms. The number of allylic oxidation sites excluding steroid dienone is 1. The Hall–Kier alpha value is -1.14. The average Bonchev–Trinajstić information content (AvgIpc) is 2.33. The van der Waals surface area contributed by atoms with Gasteiger partial charge in [0.1, 0.15) is 0 Å². The fraction of sp³-hybridized carbons (Fsp3) is 0.333. The highest BCUT2D eigenvalue weighted by molar-refractivity contribution is 7.94. The molecular formula is C12H13F3O2S. The lowest BCUT2D eigenvalue weighted by Crippen LogP contribution is -2.03. The molecule has 2 nitrogen and oxygen atoms in total. The lowest BCUT2D eigenvalue weighted by Gasteiger charge is -2.06. The number of alkyl halides is 3. The minimum Gasteiger partial charge on any atom is -0.513 e. The highest BCUT2D eigenvalue weighted by Gasteiger charge is 2.29. The highest BCUT2D eigenvalue weighted by Crippen LogP contribution is 2.30. The Labute approximate surface area is 108 Å². The van der Waals surface area contributed by atoms with E-state index in [4.69, 9.17) is 9.29 Å². The van der Waals surface area contributed by atoms with E-state index in [0.29, 0.717) is 11.3 Å². The van der Waals surface area contributed by atoms with Crippen LogP contribution in [-0.2, 0) is 10.4 Å². The lowest BCUT2D eigenvalue weighted by atomic mass is 10.2. The number of hydrogen-bond donors (Lipinski definition) is 1. The van der Waals surface area contributed by atoms with E-state index in [2.05, 4.69) is 0 Å². The first kappa shape index (κ1) is 14.9. The molecule has 0 atom stereocenters. The second-order valence-electron chi connectivity index (χ2n) is 3.44. The Morgan fingerprint density at radius 1 is 1.33 bits per heavy atom. The second-order valence-corrected chi connectivity index (χ2v) is 4.31. The molecule has 0 unspecified atom stereocenters. The first-order valence-electron chi connectivity index (χ1n) is 5.28. The van der Waals surface area contributed by atoms with Crippen LogP contribution >= 0.6 is 12.0 Å². The van der Waals surface area contributed by atoms with E-state index < -0.39 is 11.7 Å². The van der Waals surface area contributed by atoms with Gasteiger partial charge in [-0.05, 0) is 30.3 Å². The van der Waals surface area contributed by atoms with Gasteiger partial charge in [0.15, 0.2) is 0 Å². The molecule has 0 aliphatic rings. The van der Waals surface area contributed by atoms with Crippen LogP contribution in [0.4, 0.5) is 13.2 Å². The molecule has 0 heterocycles. The number of benzene rings is 1. The van der Waals surface area contributed by atoms with Crippen molar-refractivity contribution < 1.29 is 22.5 Å². The minimum atomic E-state index is -4.32. The summed E-state index contributed by atoms with van der Waals surface area (Å²) in [5.74, 6) is 0.225. The SMILES string of the molecule is CC/C(O)=C\COSc1ccc(C(F)(F)F)cc1. The summed E-state index contributed by atoms with van der Waals surface area (Å²) in [4.78, 5) is 0.576. The molecule has 0 aliphatic heterocycles. The zero-order valence-electron chi connectivity index (χ0n) is 9.70. The second kappa shape index (κ2) is 6.70. The molecule has 0 fully saturated rings. The molecule has 0 saturated carbocycles. The molecule has 1 N–H and O–H groups in total. The molecular weight excluding hydrogens is 265 g/mol. The van der Waals surface area contributed by atoms with Gasteiger partial charge in [-0.1, -0.05) is 6.92 Å². The van der Waals surface area contributed by atoms with Crippen molar-refractivity contribution >= 4 is 12.0 Å². The maximum atomic E-state index is 12.3. The van der Waals surface area contributed by atoms with E-state index in [1.165, 1.54) is 18.2 Å². The van der Waals surface area contributed by atoms with Crippen molar-refractivity contribution in [2.75, 3.05) is 6.61 Å². The smallest absolute Gasteiger partial charge is 0.416 e. The first-order chi connectivity index (χ1) is 8.43. The van der Waals surface area contributed by atoms with Crippen LogP contribution in [0.25, 0.3) is 0 Å². The Bertz CT molecular complexity index is 399. The third-order valence-corrected chi connectivity index (χ3v) is 2.80. The van der Waals surface area contributed by atoms with Gasteiger partial charge in [0.25, 0.3) is 0 Å². The minimum absolute atomic E-state index is 0.200. The molecule has 6 heteroatoms. The Balaban J connectivity index is 2.45. The number of halogens is 3. The van der Waals surface area contributed by atoms with E-state index >= 15 is 0 Å². The van der Waals surface area contributed by atoms with Crippen molar-refractivity contribution in [3.8, 4) is 0 Å². The molecule has 0 spiro atoms. The van der Waals surface area contributed by atoms with Crippen molar-refractivity contribution in [3.05, 3.63) is 41.7 Å². The first-order valence-corrected chi connectivity index (χ1v) is 6.02. The lowest BCUT2D eigenvalue weighted by molar-refractivity contribution is -0.137. The molecule has 1 aromatic carbocycles. The van der Waals surface area contributed by atoms with E-state index in [-0.39, 0.29) is 12.4 Å². The number of hydrogen-bond acceptors (Lipinski definition) is 3. The Morgan fingerprint density at radius 3 is 2.44 bits per heavy atom. The zero-order valence-corrected chi connectivity index (χ0v) is 10.5. The fourth-order valence-electron chi connectivity index (χ4n) is 1.08. The summed E-state index contributed by atoms with van der Waals surface area (Å²) in [7, 11) is 0. The molecule has 0 saturated heterocycles. The van der Waals surface area contributed by atoms with Gasteiger partial charge in [-0.2, -0.15) is 13.2 Å². The zero-order chi connectivity index (χ0) is 13.6. The van der Waals surface area contributed by atoms with E-state index in [0.717, 1.165) is 24.2 Å². The summed E-state index contributed by atoms with van der Waals surface area (Å²) in [5.41, 5.74) is -0.685. The van der Waals surface area contributed by atoms with Crippen LogP contribution in [0.3, 0.4) is 0 Å². The van der Waals surface area contributed by atoms with Crippen molar-refractivity contribution in [1.29, 1.82) is 0 Å². The van der Waals surface area contributed by atoms with Gasteiger partial charge in [0.2, 0.25) is 0 Å². The standard InChI is InChI=1S/C12H13F3O2S/c1-2-10(16)7-8-17-18-11-5-3-9(4-6-11)12(13,14)15/h3-7,16H,2,8H2,1H3/b10-7+. The van der Waals surface area contributed by atoms with Crippen molar-refractivity contribution in [1.82, 2.24) is 0 Å². The quantitative estimate of drug-likeness (QED) is 0.485. The van der Waals surface area contributed by atoms with Crippen molar-refractivity contribution in [3.63, 3.8) is 0 Å². The summed E-state index contributed by atoms with van der Waals surface area (Å²) in [6.07, 6.45) is -2.29. The summed E-state index contributed by atoms with van der Waals surface area (Å²) in [5, 5.41) is 9.13.